The van der Waals surface area contributed by atoms with Crippen LogP contribution in [0.4, 0.5) is 0 Å². The predicted octanol–water partition coefficient (Wildman–Crippen LogP) is 2.28. The van der Waals surface area contributed by atoms with Crippen LogP contribution in [0.25, 0.3) is 0 Å². The lowest BCUT2D eigenvalue weighted by Crippen LogP contribution is -2.83. The molecule has 5 rings (SSSR count). The number of β-lactam (4-membered cyclic amide) rings is 1. The fraction of sp³-hybridized carbons (Fsp3) is 0.273. The molecule has 2 amide bonds. The summed E-state index contributed by atoms with van der Waals surface area (Å²) in [4.78, 5) is 66.9. The number of benzene rings is 3. The molecule has 0 aliphatic carbocycles. The van der Waals surface area contributed by atoms with Crippen LogP contribution in [0, 0.1) is 0 Å². The highest BCUT2D eigenvalue weighted by molar-refractivity contribution is 7.99. The maximum absolute atomic E-state index is 14.2. The van der Waals surface area contributed by atoms with Crippen LogP contribution in [-0.2, 0) is 45.2 Å². The van der Waals surface area contributed by atoms with Crippen LogP contribution in [0.1, 0.15) is 28.7 Å². The molecular weight excluding hydrogens is 692 g/mol. The molecule has 1 aliphatic heterocycles. The number of esters is 1. The van der Waals surface area contributed by atoms with E-state index >= 15 is 0 Å². The van der Waals surface area contributed by atoms with Gasteiger partial charge in [0.05, 0.1) is 5.75 Å². The van der Waals surface area contributed by atoms with Crippen LogP contribution in [0.15, 0.2) is 96.2 Å². The van der Waals surface area contributed by atoms with Gasteiger partial charge in [-0.3, -0.25) is 24.1 Å². The van der Waals surface area contributed by atoms with E-state index in [1.165, 1.54) is 16.8 Å². The van der Waals surface area contributed by atoms with Crippen molar-refractivity contribution < 1.29 is 43.3 Å². The predicted molar refractivity (Wildman–Crippen MR) is 176 cm³/mol. The summed E-state index contributed by atoms with van der Waals surface area (Å²) in [6, 6.07) is 25.9. The van der Waals surface area contributed by atoms with Crippen molar-refractivity contribution in [1.29, 1.82) is 0 Å². The van der Waals surface area contributed by atoms with Gasteiger partial charge in [0.15, 0.2) is 24.0 Å². The molecule has 0 bridgehead atoms. The molecule has 0 saturated carbocycles. The van der Waals surface area contributed by atoms with E-state index < -0.39 is 65.6 Å². The lowest BCUT2D eigenvalue weighted by atomic mass is 9.93. The Kier molecular flexibility index (Phi) is 11.6. The van der Waals surface area contributed by atoms with Crippen LogP contribution >= 0.6 is 23.4 Å². The quantitative estimate of drug-likeness (QED) is 0.0326. The van der Waals surface area contributed by atoms with Gasteiger partial charge in [-0.1, -0.05) is 114 Å². The highest BCUT2D eigenvalue weighted by Crippen LogP contribution is 2.37. The van der Waals surface area contributed by atoms with Gasteiger partial charge in [-0.05, 0) is 27.1 Å². The van der Waals surface area contributed by atoms with Gasteiger partial charge >= 0.3 is 11.9 Å². The number of halogens is 1. The van der Waals surface area contributed by atoms with Crippen molar-refractivity contribution in [3.8, 4) is 0 Å². The molecule has 50 heavy (non-hydrogen) atoms. The van der Waals surface area contributed by atoms with E-state index in [0.29, 0.717) is 21.2 Å². The summed E-state index contributed by atoms with van der Waals surface area (Å²) >= 11 is 7.06. The summed E-state index contributed by atoms with van der Waals surface area (Å²) in [6.07, 6.45) is -2.59. The highest BCUT2D eigenvalue weighted by Gasteiger charge is 2.67. The number of ether oxygens (including phenoxy) is 3. The molecule has 2 N–H and O–H groups in total. The van der Waals surface area contributed by atoms with Crippen molar-refractivity contribution in [2.45, 2.75) is 34.6 Å². The number of likely N-dealkylation sites (tertiary alicyclic amines) is 1. The van der Waals surface area contributed by atoms with Gasteiger partial charge in [-0.15, -0.1) is 5.10 Å². The summed E-state index contributed by atoms with van der Waals surface area (Å²) < 4.78 is 18.6. The first-order valence-corrected chi connectivity index (χ1v) is 16.4. The zero-order chi connectivity index (χ0) is 35.8. The lowest BCUT2D eigenvalue weighted by Gasteiger charge is -2.54. The number of methoxy groups -OCH3 is 1. The molecule has 1 fully saturated rings. The van der Waals surface area contributed by atoms with Crippen molar-refractivity contribution in [1.82, 2.24) is 30.4 Å². The molecule has 15 nitrogen and oxygen atoms in total. The van der Waals surface area contributed by atoms with Crippen LogP contribution in [0.3, 0.4) is 0 Å². The second-order valence-corrected chi connectivity index (χ2v) is 12.2. The van der Waals surface area contributed by atoms with Gasteiger partial charge in [0.25, 0.3) is 11.6 Å². The van der Waals surface area contributed by atoms with Crippen molar-refractivity contribution >= 4 is 52.9 Å². The van der Waals surface area contributed by atoms with Gasteiger partial charge < -0.3 is 24.6 Å². The number of ketones is 1. The number of rotatable bonds is 16. The Hall–Kier alpha value is -5.16. The minimum atomic E-state index is -2.37. The topological polar surface area (TPSA) is 192 Å². The zero-order valence-electron chi connectivity index (χ0n) is 26.6. The number of Topliss-reactive ketones (excluding diaryl/α,β-unsaturated/α-hetero) is 1. The van der Waals surface area contributed by atoms with Crippen LogP contribution in [0.5, 0.6) is 0 Å². The minimum Gasteiger partial charge on any atom is -0.479 e. The van der Waals surface area contributed by atoms with E-state index in [1.54, 1.807) is 73.8 Å². The number of aliphatic carboxylic acids is 1. The smallest absolute Gasteiger partial charge is 0.342 e. The van der Waals surface area contributed by atoms with Crippen molar-refractivity contribution in [2.75, 3.05) is 19.5 Å². The van der Waals surface area contributed by atoms with E-state index in [9.17, 15) is 29.1 Å². The average molecular weight is 723 g/mol. The number of alkyl halides is 1. The molecule has 0 spiro atoms. The van der Waals surface area contributed by atoms with Gasteiger partial charge in [-0.2, -0.15) is 0 Å². The summed E-state index contributed by atoms with van der Waals surface area (Å²) in [5.41, 5.74) is -2.80. The van der Waals surface area contributed by atoms with Crippen molar-refractivity contribution in [3.05, 3.63) is 108 Å². The Morgan fingerprint density at radius 1 is 0.960 bits per heavy atom. The third-order valence-electron chi connectivity index (χ3n) is 7.65. The first kappa shape index (κ1) is 36.1. The molecule has 2 unspecified atom stereocenters. The van der Waals surface area contributed by atoms with Gasteiger partial charge in [-0.25, -0.2) is 9.48 Å². The lowest BCUT2D eigenvalue weighted by molar-refractivity contribution is -0.263. The molecule has 1 aromatic heterocycles. The summed E-state index contributed by atoms with van der Waals surface area (Å²) in [6.45, 7) is -0.642. The molecule has 17 heteroatoms. The van der Waals surface area contributed by atoms with Crippen molar-refractivity contribution in [3.63, 3.8) is 0 Å². The first-order valence-electron chi connectivity index (χ1n) is 15.0. The summed E-state index contributed by atoms with van der Waals surface area (Å²) in [5.74, 6) is -6.93. The molecule has 1 saturated heterocycles. The van der Waals surface area contributed by atoms with Gasteiger partial charge in [0, 0.05) is 14.2 Å². The minimum absolute atomic E-state index is 0.142. The standard InChI is InChI=1S/C33H31ClN6O9S/c1-39-32(36-37-38-39)50-19-23(41)18-48-31-33(47-2,30(46)40(31)26(34)28(43)44)35-27(42)24(20-12-6-3-7-13-20)29(45)49-25(21-14-8-4-9-15-21)22-16-10-5-11-17-22/h3-17,24-26,31H,18-19H2,1-2H3,(H,35,42)(H,43,44)/t24?,26?,31-,33+/m1/s1. The molecule has 260 valence electrons. The number of hydrogen-bond acceptors (Lipinski definition) is 12. The van der Waals surface area contributed by atoms with Crippen LogP contribution < -0.4 is 5.32 Å². The zero-order valence-corrected chi connectivity index (χ0v) is 28.2. The number of nitrogens with one attached hydrogen (secondary N) is 1. The number of aryl methyl sites for hydroxylation is 1. The maximum Gasteiger partial charge on any atom is 0.342 e. The molecule has 4 aromatic rings. The fourth-order valence-electron chi connectivity index (χ4n) is 5.19. The largest absolute Gasteiger partial charge is 0.479 e. The molecular formula is C33H31ClN6O9S. The number of hydrogen-bond donors (Lipinski definition) is 2. The number of nitrogens with zero attached hydrogens (tertiary/aromatic N) is 5. The average Bonchev–Trinajstić information content (AvgIpc) is 3.55. The molecule has 4 atom stereocenters. The van der Waals surface area contributed by atoms with Crippen LogP contribution in [-0.4, -0.2) is 96.7 Å². The second kappa shape index (κ2) is 16.0. The van der Waals surface area contributed by atoms with Crippen LogP contribution in [0.2, 0.25) is 0 Å². The Balaban J connectivity index is 1.41. The number of carboxylic acids is 1. The van der Waals surface area contributed by atoms with E-state index in [4.69, 9.17) is 25.8 Å². The van der Waals surface area contributed by atoms with E-state index in [-0.39, 0.29) is 11.3 Å². The number of carbonyl (C=O) groups excluding carboxylic acids is 4. The van der Waals surface area contributed by atoms with Crippen molar-refractivity contribution in [2.24, 2.45) is 7.05 Å². The maximum atomic E-state index is 14.2. The first-order chi connectivity index (χ1) is 24.1. The number of aromatic nitrogens is 4. The molecule has 3 aromatic carbocycles. The van der Waals surface area contributed by atoms with Gasteiger partial charge in [0.1, 0.15) is 6.61 Å². The third kappa shape index (κ3) is 7.68. The molecule has 2 heterocycles. The van der Waals surface area contributed by atoms with Gasteiger partial charge in [0.2, 0.25) is 16.6 Å². The Morgan fingerprint density at radius 2 is 1.52 bits per heavy atom. The van der Waals surface area contributed by atoms with E-state index in [2.05, 4.69) is 20.8 Å². The highest BCUT2D eigenvalue weighted by atomic mass is 35.5. The fourth-order valence-corrected chi connectivity index (χ4v) is 6.07. The molecule has 0 radical (unpaired) electrons. The normalized spacial score (nSPS) is 18.2. The van der Waals surface area contributed by atoms with E-state index in [0.717, 1.165) is 18.9 Å². The Bertz CT molecular complexity index is 1800. The number of carbonyl (C=O) groups is 5. The second-order valence-electron chi connectivity index (χ2n) is 10.9. The number of tetrazole rings is 1. The summed E-state index contributed by atoms with van der Waals surface area (Å²) in [7, 11) is 2.66. The number of amides is 2. The monoisotopic (exact) mass is 722 g/mol. The Morgan fingerprint density at radius 3 is 2.02 bits per heavy atom. The molecule has 1 aliphatic rings. The SMILES string of the molecule is CO[C@@]1(NC(=O)C(C(=O)OC(c2ccccc2)c2ccccc2)c2ccccc2)C(=O)N(C(Cl)C(=O)O)[C@@H]1OCC(=O)CSc1nnnn1C. The third-order valence-corrected chi connectivity index (χ3v) is 9.11. The Labute approximate surface area is 294 Å². The van der Waals surface area contributed by atoms with E-state index in [1.807, 2.05) is 12.1 Å². The number of thioether (sulfide) groups is 1. The number of carboxylic acid groups (broad SMARTS) is 1. The summed E-state index contributed by atoms with van der Waals surface area (Å²) in [5, 5.41) is 23.4.